The second-order valence-corrected chi connectivity index (χ2v) is 2.26. The van der Waals surface area contributed by atoms with E-state index in [2.05, 4.69) is 13.8 Å². The van der Waals surface area contributed by atoms with Gasteiger partial charge in [-0.25, -0.2) is 0 Å². The lowest BCUT2D eigenvalue weighted by Crippen LogP contribution is -1.89. The Balaban J connectivity index is 0. The average molecular weight is 128 g/mol. The van der Waals surface area contributed by atoms with Crippen LogP contribution in [0, 0.1) is 5.92 Å². The van der Waals surface area contributed by atoms with Crippen molar-refractivity contribution in [1.82, 2.24) is 0 Å². The fourth-order valence-corrected chi connectivity index (χ4v) is 0.500. The predicted octanol–water partition coefficient (Wildman–Crippen LogP) is 0.499. The first-order chi connectivity index (χ1) is 3.27. The molecule has 0 radical (unpaired) electrons. The maximum absolute atomic E-state index is 8.32. The van der Waals surface area contributed by atoms with E-state index in [9.17, 15) is 0 Å². The molecule has 0 saturated heterocycles. The van der Waals surface area contributed by atoms with Gasteiger partial charge in [-0.15, -0.1) is 0 Å². The van der Waals surface area contributed by atoms with Gasteiger partial charge in [-0.1, -0.05) is 13.8 Å². The van der Waals surface area contributed by atoms with Crippen LogP contribution in [0.4, 0.5) is 0 Å². The van der Waals surface area contributed by atoms with E-state index in [1.165, 1.54) is 0 Å². The highest BCUT2D eigenvalue weighted by Gasteiger charge is 1.89. The molecule has 2 heteroatoms. The molecule has 0 fully saturated rings. The monoisotopic (exact) mass is 128 g/mol. The summed E-state index contributed by atoms with van der Waals surface area (Å²) >= 11 is 0. The van der Waals surface area contributed by atoms with E-state index >= 15 is 0 Å². The lowest BCUT2D eigenvalue weighted by Gasteiger charge is -1.98. The van der Waals surface area contributed by atoms with E-state index in [0.717, 1.165) is 18.8 Å². The summed E-state index contributed by atoms with van der Waals surface area (Å²) in [5.41, 5.74) is 0. The molecule has 48 valence electrons. The highest BCUT2D eigenvalue weighted by molar-refractivity contribution is 5.75. The number of hydrogen-bond donors (Lipinski definition) is 1. The first-order valence-corrected chi connectivity index (χ1v) is 2.88. The summed E-state index contributed by atoms with van der Waals surface area (Å²) in [6.45, 7) is 4.67. The summed E-state index contributed by atoms with van der Waals surface area (Å²) in [6.07, 6.45) is 2.11. The van der Waals surface area contributed by atoms with Crippen molar-refractivity contribution in [2.45, 2.75) is 26.7 Å². The van der Waals surface area contributed by atoms with Gasteiger partial charge in [-0.2, -0.15) is 0 Å². The molecule has 0 aliphatic rings. The van der Waals surface area contributed by atoms with E-state index in [-0.39, 0.29) is 23.1 Å². The zero-order valence-corrected chi connectivity index (χ0v) is 5.15. The minimum absolute atomic E-state index is 0. The van der Waals surface area contributed by atoms with Crippen LogP contribution in [0.25, 0.3) is 0 Å². The second kappa shape index (κ2) is 7.73. The molecule has 0 aromatic carbocycles. The van der Waals surface area contributed by atoms with Gasteiger partial charge >= 0.3 is 23.1 Å². The average Bonchev–Trinajstić information content (AvgIpc) is 1.61. The molecule has 0 aliphatic heterocycles. The maximum Gasteiger partial charge on any atom is 0.316 e. The predicted molar refractivity (Wildman–Crippen MR) is 39.7 cm³/mol. The van der Waals surface area contributed by atoms with Crippen LogP contribution in [0.5, 0.6) is 0 Å². The van der Waals surface area contributed by atoms with Gasteiger partial charge in [0.2, 0.25) is 0 Å². The molecular formula is C6H16MgO. The maximum atomic E-state index is 8.32. The van der Waals surface area contributed by atoms with Crippen molar-refractivity contribution >= 4 is 23.1 Å². The van der Waals surface area contributed by atoms with Crippen LogP contribution < -0.4 is 0 Å². The number of rotatable bonds is 3. The van der Waals surface area contributed by atoms with E-state index in [1.807, 2.05) is 0 Å². The lowest BCUT2D eigenvalue weighted by molar-refractivity contribution is 0.276. The van der Waals surface area contributed by atoms with Crippen LogP contribution in [0.1, 0.15) is 26.7 Å². The molecule has 0 aliphatic carbocycles. The third kappa shape index (κ3) is 9.87. The molecule has 8 heavy (non-hydrogen) atoms. The van der Waals surface area contributed by atoms with Gasteiger partial charge in [-0.3, -0.25) is 0 Å². The summed E-state index contributed by atoms with van der Waals surface area (Å²) < 4.78 is 0. The zero-order valence-electron chi connectivity index (χ0n) is 5.15. The molecular weight excluding hydrogens is 112 g/mol. The van der Waals surface area contributed by atoms with Gasteiger partial charge in [0.15, 0.2) is 0 Å². The van der Waals surface area contributed by atoms with E-state index < -0.39 is 0 Å². The van der Waals surface area contributed by atoms with Gasteiger partial charge in [0.25, 0.3) is 0 Å². The summed E-state index contributed by atoms with van der Waals surface area (Å²) in [5.74, 6) is 0.743. The normalized spacial score (nSPS) is 9.00. The van der Waals surface area contributed by atoms with Gasteiger partial charge in [0.05, 0.1) is 0 Å². The van der Waals surface area contributed by atoms with Gasteiger partial charge in [0, 0.05) is 6.61 Å². The first-order valence-electron chi connectivity index (χ1n) is 2.88. The van der Waals surface area contributed by atoms with Crippen LogP contribution in [0.15, 0.2) is 0 Å². The van der Waals surface area contributed by atoms with Crippen molar-refractivity contribution in [3.8, 4) is 0 Å². The highest BCUT2D eigenvalue weighted by Crippen LogP contribution is 2.00. The lowest BCUT2D eigenvalue weighted by atomic mass is 10.1. The Bertz CT molecular complexity index is 37.5. The van der Waals surface area contributed by atoms with Crippen molar-refractivity contribution in [3.05, 3.63) is 0 Å². The van der Waals surface area contributed by atoms with Crippen LogP contribution in [-0.2, 0) is 0 Å². The Morgan fingerprint density at radius 1 is 1.38 bits per heavy atom. The number of aliphatic hydroxyl groups excluding tert-OH is 1. The smallest absolute Gasteiger partial charge is 0.316 e. The Morgan fingerprint density at radius 2 is 1.88 bits per heavy atom. The first kappa shape index (κ1) is 11.5. The molecule has 0 heterocycles. The van der Waals surface area contributed by atoms with Crippen molar-refractivity contribution in [1.29, 1.82) is 0 Å². The van der Waals surface area contributed by atoms with Gasteiger partial charge in [0.1, 0.15) is 0 Å². The Kier molecular flexibility index (Phi) is 11.1. The van der Waals surface area contributed by atoms with E-state index in [0.29, 0.717) is 6.61 Å². The van der Waals surface area contributed by atoms with Crippen molar-refractivity contribution < 1.29 is 5.11 Å². The molecule has 0 aromatic heterocycles. The molecule has 1 nitrogen and oxygen atoms in total. The van der Waals surface area contributed by atoms with Gasteiger partial charge < -0.3 is 5.11 Å². The fraction of sp³-hybridized carbons (Fsp3) is 1.00. The minimum Gasteiger partial charge on any atom is -0.396 e. The third-order valence-electron chi connectivity index (χ3n) is 0.940. The Hall–Kier alpha value is 0.726. The standard InChI is InChI=1S/C6H14O.Mg.2H/c1-6(2)4-3-5-7;;;/h6-7H,3-5H2,1-2H3;;;. The van der Waals surface area contributed by atoms with E-state index in [4.69, 9.17) is 5.11 Å². The topological polar surface area (TPSA) is 20.2 Å². The molecule has 0 rings (SSSR count). The van der Waals surface area contributed by atoms with Crippen molar-refractivity contribution in [2.24, 2.45) is 5.92 Å². The second-order valence-electron chi connectivity index (χ2n) is 2.26. The van der Waals surface area contributed by atoms with Crippen molar-refractivity contribution in [3.63, 3.8) is 0 Å². The van der Waals surface area contributed by atoms with Crippen LogP contribution >= 0.6 is 0 Å². The molecule has 0 spiro atoms. The molecule has 0 aromatic rings. The summed E-state index contributed by atoms with van der Waals surface area (Å²) in [7, 11) is 0. The van der Waals surface area contributed by atoms with Crippen LogP contribution in [0.3, 0.4) is 0 Å². The molecule has 0 saturated carbocycles. The highest BCUT2D eigenvalue weighted by atomic mass is 24.3. The summed E-state index contributed by atoms with van der Waals surface area (Å²) in [6, 6.07) is 0. The van der Waals surface area contributed by atoms with Crippen molar-refractivity contribution in [2.75, 3.05) is 6.61 Å². The number of hydrogen-bond acceptors (Lipinski definition) is 1. The van der Waals surface area contributed by atoms with Gasteiger partial charge in [-0.05, 0) is 18.8 Å². The quantitative estimate of drug-likeness (QED) is 0.549. The molecule has 0 unspecified atom stereocenters. The largest absolute Gasteiger partial charge is 0.396 e. The Labute approximate surface area is 67.6 Å². The molecule has 0 bridgehead atoms. The number of aliphatic hydroxyl groups is 1. The molecule has 1 N–H and O–H groups in total. The third-order valence-corrected chi connectivity index (χ3v) is 0.940. The summed E-state index contributed by atoms with van der Waals surface area (Å²) in [5, 5.41) is 8.32. The molecule has 0 amide bonds. The zero-order chi connectivity index (χ0) is 5.70. The fourth-order valence-electron chi connectivity index (χ4n) is 0.500. The SMILES string of the molecule is CC(C)CCCO.[MgH2]. The summed E-state index contributed by atoms with van der Waals surface area (Å²) in [4.78, 5) is 0. The van der Waals surface area contributed by atoms with E-state index in [1.54, 1.807) is 0 Å². The van der Waals surface area contributed by atoms with Crippen LogP contribution in [-0.4, -0.2) is 34.8 Å². The molecule has 0 atom stereocenters. The Morgan fingerprint density at radius 3 is 2.00 bits per heavy atom. The minimum atomic E-state index is 0. The van der Waals surface area contributed by atoms with Crippen LogP contribution in [0.2, 0.25) is 0 Å².